The van der Waals surface area contributed by atoms with Gasteiger partial charge in [-0.2, -0.15) is 5.10 Å². The van der Waals surface area contributed by atoms with E-state index in [-0.39, 0.29) is 5.75 Å². The first-order chi connectivity index (χ1) is 15.7. The molecule has 0 aliphatic heterocycles. The number of furan rings is 1. The van der Waals surface area contributed by atoms with Crippen LogP contribution >= 0.6 is 11.3 Å². The molecule has 6 nitrogen and oxygen atoms in total. The second kappa shape index (κ2) is 8.56. The molecule has 32 heavy (non-hydrogen) atoms. The van der Waals surface area contributed by atoms with Gasteiger partial charge in [0.15, 0.2) is 5.76 Å². The number of benzene rings is 3. The number of fused-ring (bicyclic) bond motifs is 1. The predicted octanol–water partition coefficient (Wildman–Crippen LogP) is 5.79. The van der Waals surface area contributed by atoms with Crippen LogP contribution in [0, 0.1) is 0 Å². The van der Waals surface area contributed by atoms with Gasteiger partial charge in [0.05, 0.1) is 19.6 Å². The zero-order chi connectivity index (χ0) is 21.9. The Balaban J connectivity index is 1.69. The largest absolute Gasteiger partial charge is 0.507 e. The number of thiazole rings is 1. The molecule has 0 radical (unpaired) electrons. The molecule has 0 spiro atoms. The Morgan fingerprint density at radius 1 is 1.00 bits per heavy atom. The topological polar surface area (TPSA) is 72.2 Å². The SMILES string of the molecule is COc1ccccc1N=c1scc(-c2ccco2)n1N=Cc1c(O)ccc2ccccc12. The first-order valence-electron chi connectivity index (χ1n) is 9.92. The minimum atomic E-state index is 0.158. The van der Waals surface area contributed by atoms with Crippen LogP contribution in [0.5, 0.6) is 11.5 Å². The highest BCUT2D eigenvalue weighted by molar-refractivity contribution is 7.07. The number of rotatable bonds is 5. The van der Waals surface area contributed by atoms with E-state index in [4.69, 9.17) is 19.2 Å². The van der Waals surface area contributed by atoms with Crippen molar-refractivity contribution < 1.29 is 14.3 Å². The van der Waals surface area contributed by atoms with Crippen molar-refractivity contribution in [3.8, 4) is 23.0 Å². The second-order valence-electron chi connectivity index (χ2n) is 6.94. The van der Waals surface area contributed by atoms with Crippen molar-refractivity contribution in [1.29, 1.82) is 0 Å². The highest BCUT2D eigenvalue weighted by atomic mass is 32.1. The lowest BCUT2D eigenvalue weighted by atomic mass is 10.0. The molecule has 0 bridgehead atoms. The van der Waals surface area contributed by atoms with Gasteiger partial charge < -0.3 is 14.3 Å². The highest BCUT2D eigenvalue weighted by Gasteiger charge is 2.12. The van der Waals surface area contributed by atoms with E-state index in [1.165, 1.54) is 11.3 Å². The molecule has 0 aliphatic carbocycles. The van der Waals surface area contributed by atoms with E-state index in [0.29, 0.717) is 27.6 Å². The number of aromatic hydroxyl groups is 1. The molecule has 2 aromatic heterocycles. The Morgan fingerprint density at radius 3 is 2.69 bits per heavy atom. The van der Waals surface area contributed by atoms with E-state index in [9.17, 15) is 5.11 Å². The molecule has 0 saturated carbocycles. The van der Waals surface area contributed by atoms with E-state index >= 15 is 0 Å². The molecule has 0 amide bonds. The first kappa shape index (κ1) is 19.8. The molecule has 0 aliphatic rings. The summed E-state index contributed by atoms with van der Waals surface area (Å²) < 4.78 is 12.8. The average molecular weight is 442 g/mol. The number of para-hydroxylation sites is 2. The zero-order valence-electron chi connectivity index (χ0n) is 17.2. The van der Waals surface area contributed by atoms with Crippen molar-refractivity contribution in [3.05, 3.63) is 94.8 Å². The van der Waals surface area contributed by atoms with Crippen LogP contribution < -0.4 is 9.54 Å². The maximum Gasteiger partial charge on any atom is 0.211 e. The maximum absolute atomic E-state index is 10.5. The number of aromatic nitrogens is 1. The van der Waals surface area contributed by atoms with Gasteiger partial charge >= 0.3 is 0 Å². The summed E-state index contributed by atoms with van der Waals surface area (Å²) in [6.07, 6.45) is 3.27. The lowest BCUT2D eigenvalue weighted by Crippen LogP contribution is -2.11. The third kappa shape index (κ3) is 3.70. The van der Waals surface area contributed by atoms with Gasteiger partial charge in [0, 0.05) is 10.9 Å². The summed E-state index contributed by atoms with van der Waals surface area (Å²) in [6, 6.07) is 22.7. The third-order valence-corrected chi connectivity index (χ3v) is 5.83. The van der Waals surface area contributed by atoms with Crippen molar-refractivity contribution in [2.24, 2.45) is 10.1 Å². The smallest absolute Gasteiger partial charge is 0.211 e. The van der Waals surface area contributed by atoms with Crippen LogP contribution in [0.4, 0.5) is 5.69 Å². The molecule has 1 N–H and O–H groups in total. The van der Waals surface area contributed by atoms with Crippen molar-refractivity contribution in [1.82, 2.24) is 4.68 Å². The molecule has 0 fully saturated rings. The Hall–Kier alpha value is -4.10. The van der Waals surface area contributed by atoms with Crippen LogP contribution in [-0.4, -0.2) is 23.1 Å². The summed E-state index contributed by atoms with van der Waals surface area (Å²) in [5, 5.41) is 19.1. The van der Waals surface area contributed by atoms with Gasteiger partial charge in [0.25, 0.3) is 0 Å². The number of hydrogen-bond acceptors (Lipinski definition) is 6. The fourth-order valence-corrected chi connectivity index (χ4v) is 4.27. The van der Waals surface area contributed by atoms with Crippen molar-refractivity contribution in [3.63, 3.8) is 0 Å². The zero-order valence-corrected chi connectivity index (χ0v) is 18.0. The normalized spacial score (nSPS) is 12.1. The molecule has 2 heterocycles. The first-order valence-corrected chi connectivity index (χ1v) is 10.8. The minimum absolute atomic E-state index is 0.158. The predicted molar refractivity (Wildman–Crippen MR) is 127 cm³/mol. The van der Waals surface area contributed by atoms with Gasteiger partial charge in [-0.15, -0.1) is 11.3 Å². The molecular formula is C25H19N3O3S. The monoisotopic (exact) mass is 441 g/mol. The van der Waals surface area contributed by atoms with Gasteiger partial charge in [0.1, 0.15) is 22.9 Å². The average Bonchev–Trinajstić information content (AvgIpc) is 3.49. The lowest BCUT2D eigenvalue weighted by molar-refractivity contribution is 0.416. The fraction of sp³-hybridized carbons (Fsp3) is 0.0400. The minimum Gasteiger partial charge on any atom is -0.507 e. The van der Waals surface area contributed by atoms with Gasteiger partial charge in [-0.3, -0.25) is 0 Å². The Morgan fingerprint density at radius 2 is 1.84 bits per heavy atom. The van der Waals surface area contributed by atoms with Crippen LogP contribution in [0.3, 0.4) is 0 Å². The van der Waals surface area contributed by atoms with E-state index in [0.717, 1.165) is 16.5 Å². The summed E-state index contributed by atoms with van der Waals surface area (Å²) in [5.41, 5.74) is 2.08. The Kier molecular flexibility index (Phi) is 5.31. The molecular weight excluding hydrogens is 422 g/mol. The number of phenols is 1. The highest BCUT2D eigenvalue weighted by Crippen LogP contribution is 2.28. The summed E-state index contributed by atoms with van der Waals surface area (Å²) in [6.45, 7) is 0. The molecule has 158 valence electrons. The number of ether oxygens (including phenoxy) is 1. The van der Waals surface area contributed by atoms with Crippen molar-refractivity contribution in [2.45, 2.75) is 0 Å². The maximum atomic E-state index is 10.5. The molecule has 7 heteroatoms. The van der Waals surface area contributed by atoms with E-state index in [2.05, 4.69) is 0 Å². The van der Waals surface area contributed by atoms with Gasteiger partial charge in [-0.1, -0.05) is 42.5 Å². The molecule has 3 aromatic carbocycles. The summed E-state index contributed by atoms with van der Waals surface area (Å²) in [7, 11) is 1.62. The van der Waals surface area contributed by atoms with E-state index in [1.807, 2.05) is 72.1 Å². The van der Waals surface area contributed by atoms with Crippen LogP contribution in [-0.2, 0) is 0 Å². The van der Waals surface area contributed by atoms with Crippen LogP contribution in [0.25, 0.3) is 22.2 Å². The lowest BCUT2D eigenvalue weighted by Gasteiger charge is -2.06. The van der Waals surface area contributed by atoms with E-state index in [1.54, 1.807) is 30.3 Å². The Bertz CT molecular complexity index is 1480. The fourth-order valence-electron chi connectivity index (χ4n) is 3.44. The van der Waals surface area contributed by atoms with E-state index < -0.39 is 0 Å². The second-order valence-corrected chi connectivity index (χ2v) is 7.78. The Labute approximate surface area is 188 Å². The quantitative estimate of drug-likeness (QED) is 0.351. The molecule has 5 aromatic rings. The van der Waals surface area contributed by atoms with Gasteiger partial charge in [-0.25, -0.2) is 9.67 Å². The molecule has 0 atom stereocenters. The van der Waals surface area contributed by atoms with Crippen LogP contribution in [0.2, 0.25) is 0 Å². The molecule has 0 unspecified atom stereocenters. The number of phenolic OH excluding ortho intramolecular Hbond substituents is 1. The summed E-state index contributed by atoms with van der Waals surface area (Å²) in [5.74, 6) is 1.50. The third-order valence-electron chi connectivity index (χ3n) is 5.01. The standard InChI is InChI=1S/C25H19N3O3S/c1-30-23-10-5-4-9-20(23)27-25-28(21(16-32-25)24-11-6-14-31-24)26-15-19-18-8-3-2-7-17(18)12-13-22(19)29/h2-16,29H,1H3. The van der Waals surface area contributed by atoms with Gasteiger partial charge in [0.2, 0.25) is 4.80 Å². The van der Waals surface area contributed by atoms with Crippen LogP contribution in [0.15, 0.2) is 99.0 Å². The summed E-state index contributed by atoms with van der Waals surface area (Å²) in [4.78, 5) is 5.41. The van der Waals surface area contributed by atoms with Crippen LogP contribution in [0.1, 0.15) is 5.56 Å². The van der Waals surface area contributed by atoms with Crippen molar-refractivity contribution in [2.75, 3.05) is 7.11 Å². The summed E-state index contributed by atoms with van der Waals surface area (Å²) >= 11 is 1.44. The molecule has 5 rings (SSSR count). The van der Waals surface area contributed by atoms with Crippen molar-refractivity contribution >= 4 is 34.0 Å². The number of nitrogens with zero attached hydrogens (tertiary/aromatic N) is 3. The van der Waals surface area contributed by atoms with Gasteiger partial charge in [-0.05, 0) is 41.1 Å². The number of hydrogen-bond donors (Lipinski definition) is 1. The number of methoxy groups -OCH3 is 1. The molecule has 0 saturated heterocycles.